The SMILES string of the molecule is CC(C)(C)c1ccc(-c2ccccc2-c2nc(-c3ccccc3)nc(-c3ccc(-c4cccc5c4sc4ccccc45)cc3)n2)cc1. The van der Waals surface area contributed by atoms with Crippen LogP contribution in [0.1, 0.15) is 26.3 Å². The van der Waals surface area contributed by atoms with E-state index in [9.17, 15) is 0 Å². The minimum absolute atomic E-state index is 0.0890. The largest absolute Gasteiger partial charge is 0.208 e. The van der Waals surface area contributed by atoms with Crippen molar-refractivity contribution in [3.05, 3.63) is 151 Å². The van der Waals surface area contributed by atoms with Crippen molar-refractivity contribution in [3.8, 4) is 56.4 Å². The zero-order chi connectivity index (χ0) is 32.0. The molecule has 0 N–H and O–H groups in total. The fourth-order valence-electron chi connectivity index (χ4n) is 6.19. The molecule has 0 aliphatic rings. The van der Waals surface area contributed by atoms with Crippen LogP contribution >= 0.6 is 11.3 Å². The maximum absolute atomic E-state index is 5.10. The Morgan fingerprint density at radius 2 is 0.915 bits per heavy atom. The minimum Gasteiger partial charge on any atom is -0.208 e. The van der Waals surface area contributed by atoms with Gasteiger partial charge in [-0.25, -0.2) is 15.0 Å². The van der Waals surface area contributed by atoms with E-state index in [0.717, 1.165) is 27.8 Å². The minimum atomic E-state index is 0.0890. The molecular formula is C43H33N3S. The number of nitrogens with zero attached hydrogens (tertiary/aromatic N) is 3. The molecule has 47 heavy (non-hydrogen) atoms. The molecule has 2 aromatic heterocycles. The number of fused-ring (bicyclic) bond motifs is 3. The molecule has 0 fully saturated rings. The highest BCUT2D eigenvalue weighted by atomic mass is 32.1. The summed E-state index contributed by atoms with van der Waals surface area (Å²) in [6, 6.07) is 51.3. The van der Waals surface area contributed by atoms with Crippen LogP contribution in [-0.2, 0) is 5.41 Å². The van der Waals surface area contributed by atoms with Crippen molar-refractivity contribution >= 4 is 31.5 Å². The van der Waals surface area contributed by atoms with Gasteiger partial charge in [0, 0.05) is 36.9 Å². The Balaban J connectivity index is 1.23. The highest BCUT2D eigenvalue weighted by molar-refractivity contribution is 7.26. The lowest BCUT2D eigenvalue weighted by atomic mass is 9.86. The second-order valence-electron chi connectivity index (χ2n) is 12.9. The van der Waals surface area contributed by atoms with Gasteiger partial charge in [0.2, 0.25) is 0 Å². The smallest absolute Gasteiger partial charge is 0.164 e. The normalized spacial score (nSPS) is 11.7. The molecule has 0 atom stereocenters. The summed E-state index contributed by atoms with van der Waals surface area (Å²) < 4.78 is 2.62. The first kappa shape index (κ1) is 29.0. The Morgan fingerprint density at radius 3 is 1.64 bits per heavy atom. The molecule has 2 heterocycles. The van der Waals surface area contributed by atoms with Gasteiger partial charge < -0.3 is 0 Å². The fraction of sp³-hybridized carbons (Fsp3) is 0.0930. The fourth-order valence-corrected chi connectivity index (χ4v) is 7.43. The zero-order valence-corrected chi connectivity index (χ0v) is 27.4. The zero-order valence-electron chi connectivity index (χ0n) is 26.6. The van der Waals surface area contributed by atoms with Crippen LogP contribution in [0, 0.1) is 0 Å². The third kappa shape index (κ3) is 5.51. The van der Waals surface area contributed by atoms with Crippen molar-refractivity contribution in [1.82, 2.24) is 15.0 Å². The van der Waals surface area contributed by atoms with Crippen LogP contribution in [0.2, 0.25) is 0 Å². The number of benzene rings is 6. The van der Waals surface area contributed by atoms with Crippen LogP contribution in [0.5, 0.6) is 0 Å². The quantitative estimate of drug-likeness (QED) is 0.191. The summed E-state index contributed by atoms with van der Waals surface area (Å²) in [4.78, 5) is 15.1. The third-order valence-electron chi connectivity index (χ3n) is 8.76. The number of hydrogen-bond donors (Lipinski definition) is 0. The average Bonchev–Trinajstić information content (AvgIpc) is 3.51. The molecule has 0 amide bonds. The molecule has 3 nitrogen and oxygen atoms in total. The summed E-state index contributed by atoms with van der Waals surface area (Å²) in [5.41, 5.74) is 8.92. The Morgan fingerprint density at radius 1 is 0.404 bits per heavy atom. The monoisotopic (exact) mass is 623 g/mol. The molecular weight excluding hydrogens is 591 g/mol. The van der Waals surface area contributed by atoms with Crippen molar-refractivity contribution in [1.29, 1.82) is 0 Å². The summed E-state index contributed by atoms with van der Waals surface area (Å²) in [5, 5.41) is 2.61. The number of hydrogen-bond acceptors (Lipinski definition) is 4. The van der Waals surface area contributed by atoms with Crippen molar-refractivity contribution in [2.75, 3.05) is 0 Å². The second kappa shape index (κ2) is 11.7. The Kier molecular flexibility index (Phi) is 7.23. The summed E-state index contributed by atoms with van der Waals surface area (Å²) in [6.07, 6.45) is 0. The molecule has 0 spiro atoms. The molecule has 0 radical (unpaired) electrons. The molecule has 4 heteroatoms. The van der Waals surface area contributed by atoms with E-state index in [0.29, 0.717) is 17.5 Å². The van der Waals surface area contributed by atoms with E-state index < -0.39 is 0 Å². The van der Waals surface area contributed by atoms with Crippen LogP contribution in [0.25, 0.3) is 76.6 Å². The molecule has 0 bridgehead atoms. The Labute approximate surface area is 279 Å². The van der Waals surface area contributed by atoms with E-state index in [2.05, 4.69) is 148 Å². The van der Waals surface area contributed by atoms with E-state index in [4.69, 9.17) is 15.0 Å². The topological polar surface area (TPSA) is 38.7 Å². The molecule has 8 aromatic rings. The highest BCUT2D eigenvalue weighted by Gasteiger charge is 2.18. The van der Waals surface area contributed by atoms with Gasteiger partial charge in [0.15, 0.2) is 17.5 Å². The average molecular weight is 624 g/mol. The Hall–Kier alpha value is -5.45. The number of thiophene rings is 1. The lowest BCUT2D eigenvalue weighted by Crippen LogP contribution is -2.10. The van der Waals surface area contributed by atoms with Gasteiger partial charge in [0.25, 0.3) is 0 Å². The standard InChI is InChI=1S/C43H33N3S/c1-43(2,3)32-26-24-28(25-27-32)33-14-7-8-16-37(33)42-45-40(30-12-5-4-6-13-30)44-41(46-42)31-22-20-29(21-23-31)34-17-11-18-36-35-15-9-10-19-38(35)47-39(34)36/h4-27H,1-3H3. The predicted molar refractivity (Wildman–Crippen MR) is 199 cm³/mol. The summed E-state index contributed by atoms with van der Waals surface area (Å²) in [5.74, 6) is 1.96. The first-order chi connectivity index (χ1) is 22.9. The van der Waals surface area contributed by atoms with Gasteiger partial charge in [-0.15, -0.1) is 11.3 Å². The van der Waals surface area contributed by atoms with E-state index in [1.165, 1.54) is 36.9 Å². The van der Waals surface area contributed by atoms with Gasteiger partial charge in [-0.05, 0) is 39.3 Å². The van der Waals surface area contributed by atoms with Gasteiger partial charge >= 0.3 is 0 Å². The van der Waals surface area contributed by atoms with Crippen LogP contribution in [0.3, 0.4) is 0 Å². The molecule has 0 unspecified atom stereocenters. The number of aromatic nitrogens is 3. The number of rotatable bonds is 5. The molecule has 0 aliphatic carbocycles. The van der Waals surface area contributed by atoms with Gasteiger partial charge in [0.05, 0.1) is 0 Å². The summed E-state index contributed by atoms with van der Waals surface area (Å²) in [7, 11) is 0. The molecule has 0 saturated carbocycles. The maximum atomic E-state index is 5.10. The third-order valence-corrected chi connectivity index (χ3v) is 9.98. The lowest BCUT2D eigenvalue weighted by Gasteiger charge is -2.19. The van der Waals surface area contributed by atoms with Gasteiger partial charge in [0.1, 0.15) is 0 Å². The van der Waals surface area contributed by atoms with E-state index in [-0.39, 0.29) is 5.41 Å². The second-order valence-corrected chi connectivity index (χ2v) is 14.0. The Bertz CT molecular complexity index is 2370. The lowest BCUT2D eigenvalue weighted by molar-refractivity contribution is 0.590. The van der Waals surface area contributed by atoms with Crippen molar-refractivity contribution < 1.29 is 0 Å². The molecule has 226 valence electrons. The van der Waals surface area contributed by atoms with Gasteiger partial charge in [-0.1, -0.05) is 160 Å². The van der Waals surface area contributed by atoms with Gasteiger partial charge in [-0.3, -0.25) is 0 Å². The first-order valence-corrected chi connectivity index (χ1v) is 16.8. The van der Waals surface area contributed by atoms with Crippen LogP contribution in [0.4, 0.5) is 0 Å². The van der Waals surface area contributed by atoms with Crippen molar-refractivity contribution in [2.24, 2.45) is 0 Å². The van der Waals surface area contributed by atoms with Crippen LogP contribution < -0.4 is 0 Å². The van der Waals surface area contributed by atoms with Gasteiger partial charge in [-0.2, -0.15) is 0 Å². The molecule has 6 aromatic carbocycles. The van der Waals surface area contributed by atoms with E-state index >= 15 is 0 Å². The molecule has 0 aliphatic heterocycles. The van der Waals surface area contributed by atoms with E-state index in [1.54, 1.807) is 0 Å². The first-order valence-electron chi connectivity index (χ1n) is 16.0. The summed E-state index contributed by atoms with van der Waals surface area (Å²) >= 11 is 1.85. The van der Waals surface area contributed by atoms with Crippen LogP contribution in [0.15, 0.2) is 146 Å². The summed E-state index contributed by atoms with van der Waals surface area (Å²) in [6.45, 7) is 6.72. The van der Waals surface area contributed by atoms with E-state index in [1.807, 2.05) is 29.5 Å². The highest BCUT2D eigenvalue weighted by Crippen LogP contribution is 2.40. The maximum Gasteiger partial charge on any atom is 0.164 e. The molecule has 0 saturated heterocycles. The van der Waals surface area contributed by atoms with Crippen molar-refractivity contribution in [3.63, 3.8) is 0 Å². The molecule has 8 rings (SSSR count). The van der Waals surface area contributed by atoms with Crippen LogP contribution in [-0.4, -0.2) is 15.0 Å². The van der Waals surface area contributed by atoms with Crippen molar-refractivity contribution in [2.45, 2.75) is 26.2 Å². The predicted octanol–water partition coefficient (Wildman–Crippen LogP) is 11.9.